The van der Waals surface area contributed by atoms with Gasteiger partial charge in [-0.15, -0.1) is 0 Å². The second kappa shape index (κ2) is 8.81. The van der Waals surface area contributed by atoms with Crippen molar-refractivity contribution in [3.8, 4) is 11.9 Å². The number of hydrogen-bond donors (Lipinski definition) is 0. The Morgan fingerprint density at radius 1 is 1.23 bits per heavy atom. The van der Waals surface area contributed by atoms with Crippen molar-refractivity contribution in [2.24, 2.45) is 0 Å². The summed E-state index contributed by atoms with van der Waals surface area (Å²) in [4.78, 5) is 27.6. The van der Waals surface area contributed by atoms with E-state index in [0.717, 1.165) is 10.8 Å². The number of fused-ring (bicyclic) bond motifs is 1. The zero-order chi connectivity index (χ0) is 22.0. The zero-order valence-corrected chi connectivity index (χ0v) is 17.6. The maximum absolute atomic E-state index is 13.6. The number of carbonyl (C=O) groups excluding carboxylic acids is 1. The number of halogens is 1. The van der Waals surface area contributed by atoms with Crippen LogP contribution in [0.25, 0.3) is 10.8 Å². The third-order valence-corrected chi connectivity index (χ3v) is 5.31. The molecule has 4 rings (SSSR count). The molecule has 0 bridgehead atoms. The lowest BCUT2D eigenvalue weighted by Gasteiger charge is -2.33. The molecule has 3 heterocycles. The zero-order valence-electron chi connectivity index (χ0n) is 17.6. The summed E-state index contributed by atoms with van der Waals surface area (Å²) in [7, 11) is 2.97. The van der Waals surface area contributed by atoms with Crippen LogP contribution in [0.2, 0.25) is 0 Å². The third kappa shape index (κ3) is 4.41. The van der Waals surface area contributed by atoms with E-state index in [1.54, 1.807) is 24.1 Å². The van der Waals surface area contributed by atoms with Gasteiger partial charge in [0.1, 0.15) is 11.9 Å². The van der Waals surface area contributed by atoms with Crippen molar-refractivity contribution in [2.45, 2.75) is 19.4 Å². The van der Waals surface area contributed by atoms with Gasteiger partial charge < -0.3 is 19.1 Å². The molecular weight excluding hydrogens is 403 g/mol. The molecule has 1 fully saturated rings. The van der Waals surface area contributed by atoms with Crippen LogP contribution in [0.1, 0.15) is 23.1 Å². The fourth-order valence-corrected chi connectivity index (χ4v) is 3.63. The Bertz CT molecular complexity index is 1120. The predicted octanol–water partition coefficient (Wildman–Crippen LogP) is 2.63. The molecule has 31 heavy (non-hydrogen) atoms. The first-order valence-electron chi connectivity index (χ1n) is 9.88. The molecule has 1 atom stereocenters. The summed E-state index contributed by atoms with van der Waals surface area (Å²) in [5, 5.41) is 1.59. The lowest BCUT2D eigenvalue weighted by Crippen LogP contribution is -2.43. The average molecular weight is 426 g/mol. The number of ether oxygens (including phenoxy) is 3. The number of carbonyl (C=O) groups is 1. The van der Waals surface area contributed by atoms with Crippen molar-refractivity contribution in [1.29, 1.82) is 0 Å². The lowest BCUT2D eigenvalue weighted by molar-refractivity contribution is -0.138. The minimum Gasteiger partial charge on any atom is -0.481 e. The van der Waals surface area contributed by atoms with Crippen LogP contribution < -0.4 is 9.47 Å². The SMILES string of the molecule is COc1nc(C)c(CC(=O)N2CCO[C@@H](c3cc4cc(F)ccc4cn3)C2)c(OC)n1. The maximum Gasteiger partial charge on any atom is 0.319 e. The van der Waals surface area contributed by atoms with Gasteiger partial charge >= 0.3 is 6.01 Å². The van der Waals surface area contributed by atoms with E-state index in [-0.39, 0.29) is 30.3 Å². The summed E-state index contributed by atoms with van der Waals surface area (Å²) in [6.07, 6.45) is 1.40. The summed E-state index contributed by atoms with van der Waals surface area (Å²) in [6.45, 7) is 2.99. The van der Waals surface area contributed by atoms with Gasteiger partial charge in [0.25, 0.3) is 0 Å². The van der Waals surface area contributed by atoms with Crippen LogP contribution in [0.3, 0.4) is 0 Å². The van der Waals surface area contributed by atoms with Gasteiger partial charge in [-0.05, 0) is 36.6 Å². The van der Waals surface area contributed by atoms with Crippen LogP contribution in [0.5, 0.6) is 11.9 Å². The van der Waals surface area contributed by atoms with Crippen LogP contribution in [0, 0.1) is 12.7 Å². The topological polar surface area (TPSA) is 86.7 Å². The molecule has 0 N–H and O–H groups in total. The summed E-state index contributed by atoms with van der Waals surface area (Å²) < 4.78 is 29.9. The van der Waals surface area contributed by atoms with Gasteiger partial charge in [0.15, 0.2) is 0 Å². The summed E-state index contributed by atoms with van der Waals surface area (Å²) >= 11 is 0. The summed E-state index contributed by atoms with van der Waals surface area (Å²) in [5.74, 6) is -0.0759. The van der Waals surface area contributed by atoms with E-state index >= 15 is 0 Å². The van der Waals surface area contributed by atoms with E-state index in [1.165, 1.54) is 26.4 Å². The van der Waals surface area contributed by atoms with Gasteiger partial charge in [0, 0.05) is 23.7 Å². The van der Waals surface area contributed by atoms with Crippen LogP contribution in [-0.4, -0.2) is 59.7 Å². The third-order valence-electron chi connectivity index (χ3n) is 5.31. The Morgan fingerprint density at radius 2 is 2.06 bits per heavy atom. The summed E-state index contributed by atoms with van der Waals surface area (Å²) in [6, 6.07) is 6.55. The number of nitrogens with zero attached hydrogens (tertiary/aromatic N) is 4. The fourth-order valence-electron chi connectivity index (χ4n) is 3.63. The Hall–Kier alpha value is -3.33. The number of hydrogen-bond acceptors (Lipinski definition) is 7. The highest BCUT2D eigenvalue weighted by Crippen LogP contribution is 2.26. The van der Waals surface area contributed by atoms with Crippen molar-refractivity contribution in [1.82, 2.24) is 19.9 Å². The number of rotatable bonds is 5. The number of aryl methyl sites for hydroxylation is 1. The van der Waals surface area contributed by atoms with E-state index in [9.17, 15) is 9.18 Å². The molecular formula is C22H23FN4O4. The number of benzene rings is 1. The summed E-state index contributed by atoms with van der Waals surface area (Å²) in [5.41, 5.74) is 1.91. The van der Waals surface area contributed by atoms with E-state index in [4.69, 9.17) is 14.2 Å². The molecule has 1 amide bonds. The Morgan fingerprint density at radius 3 is 2.84 bits per heavy atom. The van der Waals surface area contributed by atoms with Gasteiger partial charge in [0.05, 0.1) is 45.2 Å². The number of amides is 1. The molecule has 2 aromatic heterocycles. The maximum atomic E-state index is 13.6. The largest absolute Gasteiger partial charge is 0.481 e. The molecule has 0 aliphatic carbocycles. The van der Waals surface area contributed by atoms with Gasteiger partial charge in [-0.3, -0.25) is 9.78 Å². The lowest BCUT2D eigenvalue weighted by atomic mass is 10.1. The van der Waals surface area contributed by atoms with Gasteiger partial charge in [-0.1, -0.05) is 0 Å². The van der Waals surface area contributed by atoms with Crippen molar-refractivity contribution in [2.75, 3.05) is 33.9 Å². The molecule has 1 aliphatic heterocycles. The molecule has 3 aromatic rings. The first kappa shape index (κ1) is 20.9. The second-order valence-electron chi connectivity index (χ2n) is 7.26. The number of morpholine rings is 1. The second-order valence-corrected chi connectivity index (χ2v) is 7.26. The Balaban J connectivity index is 1.52. The fraction of sp³-hybridized carbons (Fsp3) is 0.364. The van der Waals surface area contributed by atoms with Crippen LogP contribution in [0.4, 0.5) is 4.39 Å². The Labute approximate surface area is 179 Å². The molecule has 0 unspecified atom stereocenters. The smallest absolute Gasteiger partial charge is 0.319 e. The normalized spacial score (nSPS) is 16.4. The Kier molecular flexibility index (Phi) is 5.94. The molecule has 1 saturated heterocycles. The van der Waals surface area contributed by atoms with E-state index in [1.807, 2.05) is 6.07 Å². The van der Waals surface area contributed by atoms with Crippen LogP contribution in [-0.2, 0) is 16.0 Å². The van der Waals surface area contributed by atoms with E-state index in [2.05, 4.69) is 15.0 Å². The van der Waals surface area contributed by atoms with E-state index < -0.39 is 0 Å². The quantitative estimate of drug-likeness (QED) is 0.620. The van der Waals surface area contributed by atoms with Crippen molar-refractivity contribution < 1.29 is 23.4 Å². The molecule has 162 valence electrons. The number of pyridine rings is 1. The highest BCUT2D eigenvalue weighted by atomic mass is 19.1. The molecule has 1 aromatic carbocycles. The molecule has 0 spiro atoms. The molecule has 1 aliphatic rings. The van der Waals surface area contributed by atoms with Crippen LogP contribution >= 0.6 is 0 Å². The minimum absolute atomic E-state index is 0.0877. The first-order valence-corrected chi connectivity index (χ1v) is 9.88. The predicted molar refractivity (Wildman–Crippen MR) is 111 cm³/mol. The molecule has 0 saturated carbocycles. The van der Waals surface area contributed by atoms with Crippen molar-refractivity contribution in [3.05, 3.63) is 53.2 Å². The highest BCUT2D eigenvalue weighted by molar-refractivity contribution is 5.82. The van der Waals surface area contributed by atoms with Gasteiger partial charge in [-0.25, -0.2) is 9.37 Å². The minimum atomic E-state index is -0.388. The van der Waals surface area contributed by atoms with Crippen molar-refractivity contribution in [3.63, 3.8) is 0 Å². The van der Waals surface area contributed by atoms with E-state index in [0.29, 0.717) is 42.5 Å². The standard InChI is InChI=1S/C22H23FN4O4/c1-13-17(21(29-2)26-22(25-13)30-3)10-20(28)27-6-7-31-19(12-27)18-9-15-8-16(23)5-4-14(15)11-24-18/h4-5,8-9,11,19H,6-7,10,12H2,1-3H3/t19-/m1/s1. The molecule has 9 heteroatoms. The first-order chi connectivity index (χ1) is 15.0. The van der Waals surface area contributed by atoms with Crippen LogP contribution in [0.15, 0.2) is 30.5 Å². The molecule has 0 radical (unpaired) electrons. The monoisotopic (exact) mass is 426 g/mol. The molecule has 8 nitrogen and oxygen atoms in total. The highest BCUT2D eigenvalue weighted by Gasteiger charge is 2.28. The van der Waals surface area contributed by atoms with Crippen molar-refractivity contribution >= 4 is 16.7 Å². The number of aromatic nitrogens is 3. The van der Waals surface area contributed by atoms with Gasteiger partial charge in [-0.2, -0.15) is 4.98 Å². The van der Waals surface area contributed by atoms with Gasteiger partial charge in [0.2, 0.25) is 11.8 Å². The average Bonchev–Trinajstić information content (AvgIpc) is 2.79. The number of methoxy groups -OCH3 is 2.